The summed E-state index contributed by atoms with van der Waals surface area (Å²) in [6, 6.07) is 0. The first-order valence-corrected chi connectivity index (χ1v) is 4.60. The molecule has 0 spiro atoms. The number of ether oxygens (including phenoxy) is 1. The number of unbranched alkanes of at least 4 members (excludes halogenated alkanes) is 2. The van der Waals surface area contributed by atoms with Crippen molar-refractivity contribution >= 4 is 0 Å². The molecule has 11 heavy (non-hydrogen) atoms. The standard InChI is InChI=1S/C10H20O/c1-3-5-6-7-8-10-11-9-4-2/h3,5H,4,6-10H2,1-2H3. The minimum atomic E-state index is 0.920. The molecule has 0 heterocycles. The fourth-order valence-corrected chi connectivity index (χ4v) is 0.879. The molecule has 0 fully saturated rings. The van der Waals surface area contributed by atoms with Crippen molar-refractivity contribution in [3.8, 4) is 0 Å². The van der Waals surface area contributed by atoms with Crippen LogP contribution < -0.4 is 0 Å². The first kappa shape index (κ1) is 10.7. The molecule has 0 aromatic rings. The van der Waals surface area contributed by atoms with E-state index < -0.39 is 0 Å². The van der Waals surface area contributed by atoms with Gasteiger partial charge in [0, 0.05) is 13.2 Å². The van der Waals surface area contributed by atoms with Gasteiger partial charge in [0.05, 0.1) is 0 Å². The maximum atomic E-state index is 5.34. The Hall–Kier alpha value is -0.300. The molecule has 1 nitrogen and oxygen atoms in total. The Labute approximate surface area is 70.4 Å². The lowest BCUT2D eigenvalue weighted by atomic mass is 10.2. The summed E-state index contributed by atoms with van der Waals surface area (Å²) < 4.78 is 5.34. The van der Waals surface area contributed by atoms with Crippen molar-refractivity contribution in [3.63, 3.8) is 0 Å². The molecule has 1 heteroatoms. The number of hydrogen-bond acceptors (Lipinski definition) is 1. The van der Waals surface area contributed by atoms with Crippen LogP contribution in [0.25, 0.3) is 0 Å². The van der Waals surface area contributed by atoms with Gasteiger partial charge in [0.25, 0.3) is 0 Å². The molecule has 0 aromatic carbocycles. The summed E-state index contributed by atoms with van der Waals surface area (Å²) in [6.07, 6.45) is 9.10. The Balaban J connectivity index is 2.79. The van der Waals surface area contributed by atoms with Gasteiger partial charge in [0.1, 0.15) is 0 Å². The van der Waals surface area contributed by atoms with E-state index in [1.165, 1.54) is 19.3 Å². The molecule has 0 atom stereocenters. The van der Waals surface area contributed by atoms with Gasteiger partial charge in [-0.2, -0.15) is 0 Å². The fraction of sp³-hybridized carbons (Fsp3) is 0.800. The zero-order valence-corrected chi connectivity index (χ0v) is 7.81. The third kappa shape index (κ3) is 9.70. The fourth-order valence-electron chi connectivity index (χ4n) is 0.879. The van der Waals surface area contributed by atoms with Crippen LogP contribution in [0.5, 0.6) is 0 Å². The summed E-state index contributed by atoms with van der Waals surface area (Å²) in [7, 11) is 0. The molecule has 0 unspecified atom stereocenters. The molecule has 0 aliphatic heterocycles. The van der Waals surface area contributed by atoms with Gasteiger partial charge in [-0.15, -0.1) is 0 Å². The van der Waals surface area contributed by atoms with E-state index in [0.717, 1.165) is 19.6 Å². The van der Waals surface area contributed by atoms with Gasteiger partial charge < -0.3 is 4.74 Å². The average Bonchev–Trinajstić information content (AvgIpc) is 2.03. The molecule has 0 saturated carbocycles. The Kier molecular flexibility index (Phi) is 9.44. The van der Waals surface area contributed by atoms with Crippen LogP contribution in [-0.4, -0.2) is 13.2 Å². The molecule has 0 aromatic heterocycles. The third-order valence-electron chi connectivity index (χ3n) is 1.49. The second-order valence-electron chi connectivity index (χ2n) is 2.68. The van der Waals surface area contributed by atoms with Crippen molar-refractivity contribution in [2.45, 2.75) is 39.5 Å². The third-order valence-corrected chi connectivity index (χ3v) is 1.49. The summed E-state index contributed by atoms with van der Waals surface area (Å²) in [6.45, 7) is 6.06. The summed E-state index contributed by atoms with van der Waals surface area (Å²) in [5.41, 5.74) is 0. The normalized spacial score (nSPS) is 11.1. The van der Waals surface area contributed by atoms with Gasteiger partial charge in [-0.3, -0.25) is 0 Å². The SMILES string of the molecule is CC=CCCCCOCCC. The van der Waals surface area contributed by atoms with Crippen molar-refractivity contribution in [3.05, 3.63) is 12.2 Å². The van der Waals surface area contributed by atoms with Crippen molar-refractivity contribution < 1.29 is 4.74 Å². The molecule has 0 N–H and O–H groups in total. The quantitative estimate of drug-likeness (QED) is 0.406. The molecule has 0 saturated heterocycles. The lowest BCUT2D eigenvalue weighted by molar-refractivity contribution is 0.131. The van der Waals surface area contributed by atoms with E-state index in [4.69, 9.17) is 4.74 Å². The van der Waals surface area contributed by atoms with Crippen LogP contribution in [-0.2, 0) is 4.74 Å². The highest BCUT2D eigenvalue weighted by atomic mass is 16.5. The number of hydrogen-bond donors (Lipinski definition) is 0. The highest BCUT2D eigenvalue weighted by molar-refractivity contribution is 4.75. The molecular weight excluding hydrogens is 136 g/mol. The van der Waals surface area contributed by atoms with Gasteiger partial charge in [0.2, 0.25) is 0 Å². The minimum absolute atomic E-state index is 0.920. The van der Waals surface area contributed by atoms with E-state index in [2.05, 4.69) is 26.0 Å². The van der Waals surface area contributed by atoms with Crippen LogP contribution in [0.4, 0.5) is 0 Å². The maximum absolute atomic E-state index is 5.34. The first-order chi connectivity index (χ1) is 5.41. The van der Waals surface area contributed by atoms with Crippen LogP contribution in [0.15, 0.2) is 12.2 Å². The molecule has 0 aliphatic rings. The monoisotopic (exact) mass is 156 g/mol. The van der Waals surface area contributed by atoms with E-state index in [1.807, 2.05) is 0 Å². The molecule has 66 valence electrons. The highest BCUT2D eigenvalue weighted by Gasteiger charge is 1.86. The lowest BCUT2D eigenvalue weighted by Crippen LogP contribution is -1.94. The molecular formula is C10H20O. The Morgan fingerprint density at radius 2 is 2.00 bits per heavy atom. The number of rotatable bonds is 7. The summed E-state index contributed by atoms with van der Waals surface area (Å²) in [5, 5.41) is 0. The predicted octanol–water partition coefficient (Wildman–Crippen LogP) is 3.16. The molecule has 0 radical (unpaired) electrons. The zero-order valence-electron chi connectivity index (χ0n) is 7.81. The Morgan fingerprint density at radius 3 is 2.64 bits per heavy atom. The van der Waals surface area contributed by atoms with Gasteiger partial charge in [-0.05, 0) is 32.6 Å². The lowest BCUT2D eigenvalue weighted by Gasteiger charge is -1.99. The van der Waals surface area contributed by atoms with Crippen LogP contribution in [0.3, 0.4) is 0 Å². The van der Waals surface area contributed by atoms with E-state index in [-0.39, 0.29) is 0 Å². The number of allylic oxidation sites excluding steroid dienone is 2. The van der Waals surface area contributed by atoms with Crippen LogP contribution in [0, 0.1) is 0 Å². The van der Waals surface area contributed by atoms with Gasteiger partial charge >= 0.3 is 0 Å². The van der Waals surface area contributed by atoms with E-state index >= 15 is 0 Å². The summed E-state index contributed by atoms with van der Waals surface area (Å²) >= 11 is 0. The van der Waals surface area contributed by atoms with Crippen LogP contribution in [0.2, 0.25) is 0 Å². The smallest absolute Gasteiger partial charge is 0.0466 e. The molecule has 0 aliphatic carbocycles. The highest BCUT2D eigenvalue weighted by Crippen LogP contribution is 1.97. The van der Waals surface area contributed by atoms with Crippen molar-refractivity contribution in [2.24, 2.45) is 0 Å². The van der Waals surface area contributed by atoms with Crippen molar-refractivity contribution in [2.75, 3.05) is 13.2 Å². The average molecular weight is 156 g/mol. The summed E-state index contributed by atoms with van der Waals surface area (Å²) in [4.78, 5) is 0. The van der Waals surface area contributed by atoms with E-state index in [0.29, 0.717) is 0 Å². The summed E-state index contributed by atoms with van der Waals surface area (Å²) in [5.74, 6) is 0. The zero-order chi connectivity index (χ0) is 8.36. The topological polar surface area (TPSA) is 9.23 Å². The van der Waals surface area contributed by atoms with Gasteiger partial charge in [-0.25, -0.2) is 0 Å². The van der Waals surface area contributed by atoms with E-state index in [9.17, 15) is 0 Å². The largest absolute Gasteiger partial charge is 0.381 e. The molecule has 0 amide bonds. The van der Waals surface area contributed by atoms with Gasteiger partial charge in [-0.1, -0.05) is 19.1 Å². The van der Waals surface area contributed by atoms with Crippen LogP contribution in [0.1, 0.15) is 39.5 Å². The molecule has 0 rings (SSSR count). The van der Waals surface area contributed by atoms with E-state index in [1.54, 1.807) is 0 Å². The van der Waals surface area contributed by atoms with Crippen LogP contribution >= 0.6 is 0 Å². The second-order valence-corrected chi connectivity index (χ2v) is 2.68. The Morgan fingerprint density at radius 1 is 1.18 bits per heavy atom. The first-order valence-electron chi connectivity index (χ1n) is 4.60. The molecule has 0 bridgehead atoms. The van der Waals surface area contributed by atoms with Gasteiger partial charge in [0.15, 0.2) is 0 Å². The Bertz CT molecular complexity index is 86.9. The van der Waals surface area contributed by atoms with Crippen molar-refractivity contribution in [1.29, 1.82) is 0 Å². The minimum Gasteiger partial charge on any atom is -0.381 e. The second kappa shape index (κ2) is 9.70. The maximum Gasteiger partial charge on any atom is 0.0466 e. The predicted molar refractivity (Wildman–Crippen MR) is 49.8 cm³/mol. The van der Waals surface area contributed by atoms with Crippen molar-refractivity contribution in [1.82, 2.24) is 0 Å².